The minimum atomic E-state index is -0.0716. The molecule has 2 aromatic rings. The molecule has 1 aliphatic rings. The van der Waals surface area contributed by atoms with Crippen molar-refractivity contribution in [1.29, 1.82) is 0 Å². The molecule has 0 saturated carbocycles. The van der Waals surface area contributed by atoms with Crippen molar-refractivity contribution in [2.75, 3.05) is 13.1 Å². The van der Waals surface area contributed by atoms with Crippen LogP contribution in [0.1, 0.15) is 74.1 Å². The number of thiophene rings is 1. The van der Waals surface area contributed by atoms with Gasteiger partial charge in [-0.05, 0) is 55.7 Å². The molecule has 0 saturated heterocycles. The summed E-state index contributed by atoms with van der Waals surface area (Å²) in [6.07, 6.45) is 4.10. The van der Waals surface area contributed by atoms with Crippen molar-refractivity contribution in [1.82, 2.24) is 9.80 Å². The van der Waals surface area contributed by atoms with Gasteiger partial charge in [0.05, 0.1) is 6.04 Å². The zero-order chi connectivity index (χ0) is 21.7. The molecule has 1 aliphatic heterocycles. The molecule has 5 heteroatoms. The summed E-state index contributed by atoms with van der Waals surface area (Å²) in [5.74, 6) is 0.141. The molecule has 162 valence electrons. The van der Waals surface area contributed by atoms with Gasteiger partial charge in [-0.25, -0.2) is 0 Å². The van der Waals surface area contributed by atoms with Crippen LogP contribution in [0.15, 0.2) is 35.7 Å². The van der Waals surface area contributed by atoms with Gasteiger partial charge in [-0.3, -0.25) is 9.59 Å². The highest BCUT2D eigenvalue weighted by atomic mass is 32.1. The number of hydrogen-bond donors (Lipinski definition) is 0. The van der Waals surface area contributed by atoms with Crippen LogP contribution in [0, 0.1) is 6.92 Å². The summed E-state index contributed by atoms with van der Waals surface area (Å²) in [5, 5.41) is 2.12. The molecular formula is C25H34N2O2S. The van der Waals surface area contributed by atoms with E-state index < -0.39 is 0 Å². The van der Waals surface area contributed by atoms with E-state index in [9.17, 15) is 9.59 Å². The highest BCUT2D eigenvalue weighted by Crippen LogP contribution is 2.38. The highest BCUT2D eigenvalue weighted by Gasteiger charge is 2.34. The zero-order valence-electron chi connectivity index (χ0n) is 18.7. The fourth-order valence-corrected chi connectivity index (χ4v) is 5.02. The second kappa shape index (κ2) is 10.3. The van der Waals surface area contributed by atoms with Crippen molar-refractivity contribution >= 4 is 23.2 Å². The van der Waals surface area contributed by atoms with Crippen LogP contribution in [-0.2, 0) is 16.0 Å². The Hall–Kier alpha value is -2.14. The van der Waals surface area contributed by atoms with Crippen LogP contribution in [0.2, 0.25) is 0 Å². The lowest BCUT2D eigenvalue weighted by Crippen LogP contribution is -2.49. The topological polar surface area (TPSA) is 40.6 Å². The van der Waals surface area contributed by atoms with Gasteiger partial charge in [0.2, 0.25) is 11.8 Å². The first-order valence-electron chi connectivity index (χ1n) is 11.2. The first-order chi connectivity index (χ1) is 14.5. The lowest BCUT2D eigenvalue weighted by atomic mass is 9.92. The number of hydrogen-bond acceptors (Lipinski definition) is 3. The van der Waals surface area contributed by atoms with Crippen LogP contribution < -0.4 is 0 Å². The molecule has 0 fully saturated rings. The average Bonchev–Trinajstić information content (AvgIpc) is 3.24. The van der Waals surface area contributed by atoms with E-state index in [1.165, 1.54) is 16.0 Å². The van der Waals surface area contributed by atoms with Crippen LogP contribution in [0.4, 0.5) is 0 Å². The number of rotatable bonds is 8. The number of aryl methyl sites for hydroxylation is 1. The maximum Gasteiger partial charge on any atom is 0.243 e. The standard InChI is InChI=1S/C25H34N2O2S/c1-5-7-8-23(28)27(19(4)6-2)17-24(29)26-15-13-22-21(14-16-30-22)25(26)20-11-9-18(3)10-12-20/h9-12,14,16,19,25H,5-8,13,15,17H2,1-4H3. The maximum absolute atomic E-state index is 13.5. The van der Waals surface area contributed by atoms with E-state index in [0.717, 1.165) is 31.2 Å². The number of carbonyl (C=O) groups is 2. The van der Waals surface area contributed by atoms with Gasteiger partial charge in [-0.15, -0.1) is 11.3 Å². The Morgan fingerprint density at radius 2 is 1.93 bits per heavy atom. The molecule has 1 aromatic heterocycles. The fourth-order valence-electron chi connectivity index (χ4n) is 4.11. The van der Waals surface area contributed by atoms with E-state index in [1.54, 1.807) is 16.2 Å². The molecule has 0 aliphatic carbocycles. The van der Waals surface area contributed by atoms with E-state index in [0.29, 0.717) is 13.0 Å². The summed E-state index contributed by atoms with van der Waals surface area (Å²) in [5.41, 5.74) is 3.58. The Labute approximate surface area is 184 Å². The predicted octanol–water partition coefficient (Wildman–Crippen LogP) is 5.35. The van der Waals surface area contributed by atoms with Crippen LogP contribution in [0.25, 0.3) is 0 Å². The van der Waals surface area contributed by atoms with E-state index in [4.69, 9.17) is 0 Å². The van der Waals surface area contributed by atoms with Crippen LogP contribution in [-0.4, -0.2) is 40.7 Å². The number of fused-ring (bicyclic) bond motifs is 1. The molecule has 2 atom stereocenters. The summed E-state index contributed by atoms with van der Waals surface area (Å²) in [4.78, 5) is 31.5. The van der Waals surface area contributed by atoms with Crippen molar-refractivity contribution in [3.05, 3.63) is 57.3 Å². The van der Waals surface area contributed by atoms with Gasteiger partial charge in [0.25, 0.3) is 0 Å². The van der Waals surface area contributed by atoms with Gasteiger partial charge in [-0.1, -0.05) is 50.1 Å². The summed E-state index contributed by atoms with van der Waals surface area (Å²) in [6.45, 7) is 9.15. The normalized spacial score (nSPS) is 16.8. The second-order valence-electron chi connectivity index (χ2n) is 8.33. The SMILES string of the molecule is CCCCC(=O)N(CC(=O)N1CCc2sccc2C1c1ccc(C)cc1)C(C)CC. The summed E-state index contributed by atoms with van der Waals surface area (Å²) < 4.78 is 0. The molecule has 3 rings (SSSR count). The lowest BCUT2D eigenvalue weighted by Gasteiger charge is -2.38. The molecule has 0 radical (unpaired) electrons. The number of unbranched alkanes of at least 4 members (excludes halogenated alkanes) is 1. The second-order valence-corrected chi connectivity index (χ2v) is 9.33. The smallest absolute Gasteiger partial charge is 0.243 e. The summed E-state index contributed by atoms with van der Waals surface area (Å²) in [7, 11) is 0. The number of amides is 2. The van der Waals surface area contributed by atoms with Gasteiger partial charge >= 0.3 is 0 Å². The van der Waals surface area contributed by atoms with Crippen LogP contribution >= 0.6 is 11.3 Å². The molecule has 1 aromatic carbocycles. The highest BCUT2D eigenvalue weighted by molar-refractivity contribution is 7.10. The molecule has 2 heterocycles. The third kappa shape index (κ3) is 4.94. The van der Waals surface area contributed by atoms with Gasteiger partial charge in [0.15, 0.2) is 0 Å². The van der Waals surface area contributed by atoms with E-state index in [2.05, 4.69) is 56.5 Å². The summed E-state index contributed by atoms with van der Waals surface area (Å²) >= 11 is 1.77. The Bertz CT molecular complexity index is 858. The van der Waals surface area contributed by atoms with Gasteiger partial charge < -0.3 is 9.80 Å². The number of benzene rings is 1. The number of nitrogens with zero attached hydrogens (tertiary/aromatic N) is 2. The molecule has 30 heavy (non-hydrogen) atoms. The largest absolute Gasteiger partial charge is 0.331 e. The lowest BCUT2D eigenvalue weighted by molar-refractivity contribution is -0.143. The van der Waals surface area contributed by atoms with Crippen molar-refractivity contribution in [2.24, 2.45) is 0 Å². The third-order valence-electron chi connectivity index (χ3n) is 6.17. The molecule has 2 amide bonds. The molecular weight excluding hydrogens is 392 g/mol. The zero-order valence-corrected chi connectivity index (χ0v) is 19.5. The minimum Gasteiger partial charge on any atom is -0.331 e. The van der Waals surface area contributed by atoms with E-state index in [1.807, 2.05) is 11.8 Å². The van der Waals surface area contributed by atoms with Crippen molar-refractivity contribution in [3.63, 3.8) is 0 Å². The van der Waals surface area contributed by atoms with Gasteiger partial charge in [0.1, 0.15) is 6.54 Å². The summed E-state index contributed by atoms with van der Waals surface area (Å²) in [6, 6.07) is 10.6. The Morgan fingerprint density at radius 1 is 1.20 bits per heavy atom. The molecule has 0 N–H and O–H groups in total. The predicted molar refractivity (Wildman–Crippen MR) is 124 cm³/mol. The van der Waals surface area contributed by atoms with Gasteiger partial charge in [0, 0.05) is 23.9 Å². The van der Waals surface area contributed by atoms with E-state index >= 15 is 0 Å². The Balaban J connectivity index is 1.86. The van der Waals surface area contributed by atoms with Crippen molar-refractivity contribution in [2.45, 2.75) is 71.9 Å². The van der Waals surface area contributed by atoms with Crippen molar-refractivity contribution in [3.8, 4) is 0 Å². The molecule has 0 spiro atoms. The van der Waals surface area contributed by atoms with Crippen molar-refractivity contribution < 1.29 is 9.59 Å². The molecule has 4 nitrogen and oxygen atoms in total. The Morgan fingerprint density at radius 3 is 2.60 bits per heavy atom. The molecule has 2 unspecified atom stereocenters. The van der Waals surface area contributed by atoms with Crippen LogP contribution in [0.5, 0.6) is 0 Å². The Kier molecular flexibility index (Phi) is 7.70. The molecule has 0 bridgehead atoms. The van der Waals surface area contributed by atoms with E-state index in [-0.39, 0.29) is 30.4 Å². The minimum absolute atomic E-state index is 0.0440. The monoisotopic (exact) mass is 426 g/mol. The third-order valence-corrected chi connectivity index (χ3v) is 7.17. The first-order valence-corrected chi connectivity index (χ1v) is 12.1. The average molecular weight is 427 g/mol. The number of carbonyl (C=O) groups excluding carboxylic acids is 2. The maximum atomic E-state index is 13.5. The van der Waals surface area contributed by atoms with Crippen LogP contribution in [0.3, 0.4) is 0 Å². The quantitative estimate of drug-likeness (QED) is 0.571. The first kappa shape index (κ1) is 22.5. The fraction of sp³-hybridized carbons (Fsp3) is 0.520. The van der Waals surface area contributed by atoms with Gasteiger partial charge in [-0.2, -0.15) is 0 Å².